The molecule has 2 nitrogen and oxygen atoms in total. The molecule has 0 aromatic heterocycles. The summed E-state index contributed by atoms with van der Waals surface area (Å²) in [6.45, 7) is 2.56. The van der Waals surface area contributed by atoms with Crippen LogP contribution in [0.4, 0.5) is 0 Å². The second-order valence-electron chi connectivity index (χ2n) is 3.63. The van der Waals surface area contributed by atoms with Gasteiger partial charge in [0.05, 0.1) is 4.99 Å². The van der Waals surface area contributed by atoms with Crippen molar-refractivity contribution in [3.8, 4) is 0 Å². The average Bonchev–Trinajstić information content (AvgIpc) is 2.70. The first-order valence-corrected chi connectivity index (χ1v) is 5.79. The van der Waals surface area contributed by atoms with Crippen LogP contribution in [0.15, 0.2) is 12.2 Å². The maximum atomic E-state index is 8.58. The Morgan fingerprint density at radius 2 is 2.00 bits per heavy atom. The molecule has 1 aliphatic heterocycles. The van der Waals surface area contributed by atoms with Crippen molar-refractivity contribution in [3.05, 3.63) is 12.2 Å². The Hall–Kier alpha value is -0.410. The van der Waals surface area contributed by atoms with E-state index in [1.54, 1.807) is 0 Å². The Balaban J connectivity index is 2.10. The van der Waals surface area contributed by atoms with Crippen molar-refractivity contribution < 1.29 is 5.11 Å². The Bertz CT molecular complexity index is 197. The lowest BCUT2D eigenvalue weighted by atomic mass is 10.2. The molecule has 0 amide bonds. The van der Waals surface area contributed by atoms with Gasteiger partial charge in [-0.1, -0.05) is 24.4 Å². The maximum absolute atomic E-state index is 8.58. The van der Waals surface area contributed by atoms with Gasteiger partial charge in [-0.15, -0.1) is 0 Å². The molecule has 0 unspecified atom stereocenters. The minimum Gasteiger partial charge on any atom is -0.396 e. The minimum absolute atomic E-state index is 0.279. The molecule has 0 bridgehead atoms. The lowest BCUT2D eigenvalue weighted by Gasteiger charge is -2.16. The van der Waals surface area contributed by atoms with Crippen molar-refractivity contribution in [3.63, 3.8) is 0 Å². The van der Waals surface area contributed by atoms with Crippen LogP contribution in [-0.4, -0.2) is 34.7 Å². The van der Waals surface area contributed by atoms with Gasteiger partial charge in [0.2, 0.25) is 0 Å². The van der Waals surface area contributed by atoms with Gasteiger partial charge in [0.1, 0.15) is 0 Å². The van der Waals surface area contributed by atoms with Crippen LogP contribution in [0.2, 0.25) is 0 Å². The summed E-state index contributed by atoms with van der Waals surface area (Å²) < 4.78 is 0. The zero-order chi connectivity index (χ0) is 10.2. The van der Waals surface area contributed by atoms with E-state index >= 15 is 0 Å². The van der Waals surface area contributed by atoms with E-state index in [0.29, 0.717) is 0 Å². The van der Waals surface area contributed by atoms with Crippen molar-refractivity contribution in [2.45, 2.75) is 32.1 Å². The second kappa shape index (κ2) is 6.96. The van der Waals surface area contributed by atoms with E-state index in [1.807, 2.05) is 0 Å². The van der Waals surface area contributed by atoms with Crippen molar-refractivity contribution in [2.24, 2.45) is 0 Å². The van der Waals surface area contributed by atoms with Gasteiger partial charge in [-0.2, -0.15) is 0 Å². The number of thiocarbonyl (C=S) groups is 1. The van der Waals surface area contributed by atoms with Crippen molar-refractivity contribution in [1.29, 1.82) is 0 Å². The molecule has 0 saturated carbocycles. The molecule has 0 spiro atoms. The Kier molecular flexibility index (Phi) is 5.80. The fourth-order valence-electron chi connectivity index (χ4n) is 1.61. The first-order valence-electron chi connectivity index (χ1n) is 5.38. The van der Waals surface area contributed by atoms with Gasteiger partial charge in [0, 0.05) is 26.1 Å². The Morgan fingerprint density at radius 3 is 2.64 bits per heavy atom. The highest BCUT2D eigenvalue weighted by atomic mass is 32.1. The van der Waals surface area contributed by atoms with Crippen LogP contribution >= 0.6 is 12.2 Å². The predicted octanol–water partition coefficient (Wildman–Crippen LogP) is 2.13. The Morgan fingerprint density at radius 1 is 1.29 bits per heavy atom. The standard InChI is InChI=1S/C11H19NOS/c13-10-6-2-1-3-7-11(14)12-8-4-5-9-12/h1,3,13H,2,4-10H2. The number of unbranched alkanes of at least 4 members (excludes halogenated alkanes) is 1. The number of rotatable bonds is 5. The van der Waals surface area contributed by atoms with Crippen LogP contribution in [0, 0.1) is 0 Å². The van der Waals surface area contributed by atoms with Gasteiger partial charge in [-0.25, -0.2) is 0 Å². The highest BCUT2D eigenvalue weighted by Crippen LogP contribution is 2.10. The lowest BCUT2D eigenvalue weighted by molar-refractivity contribution is 0.289. The molecule has 80 valence electrons. The predicted molar refractivity (Wildman–Crippen MR) is 63.5 cm³/mol. The van der Waals surface area contributed by atoms with Crippen molar-refractivity contribution >= 4 is 17.2 Å². The summed E-state index contributed by atoms with van der Waals surface area (Å²) in [6, 6.07) is 0. The fraction of sp³-hybridized carbons (Fsp3) is 0.727. The molecular weight excluding hydrogens is 194 g/mol. The van der Waals surface area contributed by atoms with E-state index in [2.05, 4.69) is 17.1 Å². The number of nitrogens with zero attached hydrogens (tertiary/aromatic N) is 1. The topological polar surface area (TPSA) is 23.5 Å². The third kappa shape index (κ3) is 4.20. The molecule has 0 atom stereocenters. The zero-order valence-electron chi connectivity index (χ0n) is 8.61. The summed E-state index contributed by atoms with van der Waals surface area (Å²) in [6.07, 6.45) is 9.50. The molecule has 3 heteroatoms. The van der Waals surface area contributed by atoms with Crippen LogP contribution < -0.4 is 0 Å². The lowest BCUT2D eigenvalue weighted by Crippen LogP contribution is -2.25. The molecule has 0 aromatic rings. The number of aliphatic hydroxyl groups is 1. The highest BCUT2D eigenvalue weighted by Gasteiger charge is 2.12. The van der Waals surface area contributed by atoms with Crippen molar-refractivity contribution in [2.75, 3.05) is 19.7 Å². The van der Waals surface area contributed by atoms with Crippen LogP contribution in [-0.2, 0) is 0 Å². The van der Waals surface area contributed by atoms with E-state index in [0.717, 1.165) is 37.3 Å². The van der Waals surface area contributed by atoms with Gasteiger partial charge in [-0.05, 0) is 25.7 Å². The number of likely N-dealkylation sites (tertiary alicyclic amines) is 1. The molecule has 0 aromatic carbocycles. The molecule has 1 aliphatic rings. The van der Waals surface area contributed by atoms with Gasteiger partial charge in [0.15, 0.2) is 0 Å². The monoisotopic (exact) mass is 213 g/mol. The van der Waals surface area contributed by atoms with E-state index in [9.17, 15) is 0 Å². The highest BCUT2D eigenvalue weighted by molar-refractivity contribution is 7.80. The zero-order valence-corrected chi connectivity index (χ0v) is 9.43. The van der Waals surface area contributed by atoms with E-state index in [4.69, 9.17) is 17.3 Å². The summed E-state index contributed by atoms with van der Waals surface area (Å²) in [5, 5.41) is 8.58. The van der Waals surface area contributed by atoms with Gasteiger partial charge < -0.3 is 10.0 Å². The van der Waals surface area contributed by atoms with Gasteiger partial charge in [-0.3, -0.25) is 0 Å². The normalized spacial score (nSPS) is 16.8. The van der Waals surface area contributed by atoms with Crippen LogP contribution in [0.3, 0.4) is 0 Å². The summed E-state index contributed by atoms with van der Waals surface area (Å²) in [4.78, 5) is 3.37. The van der Waals surface area contributed by atoms with Gasteiger partial charge in [0.25, 0.3) is 0 Å². The average molecular weight is 213 g/mol. The van der Waals surface area contributed by atoms with Crippen molar-refractivity contribution in [1.82, 2.24) is 4.90 Å². The van der Waals surface area contributed by atoms with E-state index < -0.39 is 0 Å². The molecular formula is C11H19NOS. The molecule has 1 saturated heterocycles. The minimum atomic E-state index is 0.279. The molecule has 1 fully saturated rings. The van der Waals surface area contributed by atoms with Crippen LogP contribution in [0.1, 0.15) is 32.1 Å². The summed E-state index contributed by atoms with van der Waals surface area (Å²) in [5.74, 6) is 0. The second-order valence-corrected chi connectivity index (χ2v) is 4.10. The summed E-state index contributed by atoms with van der Waals surface area (Å²) >= 11 is 5.32. The third-order valence-electron chi connectivity index (χ3n) is 2.45. The number of allylic oxidation sites excluding steroid dienone is 1. The molecule has 1 heterocycles. The largest absolute Gasteiger partial charge is 0.396 e. The molecule has 0 radical (unpaired) electrons. The van der Waals surface area contributed by atoms with Crippen LogP contribution in [0.5, 0.6) is 0 Å². The first-order chi connectivity index (χ1) is 6.84. The van der Waals surface area contributed by atoms with Gasteiger partial charge >= 0.3 is 0 Å². The SMILES string of the molecule is OCCCC=CCC(=S)N1CCCC1. The number of aliphatic hydroxyl groups excluding tert-OH is 1. The first kappa shape index (κ1) is 11.7. The van der Waals surface area contributed by atoms with E-state index in [-0.39, 0.29) is 6.61 Å². The summed E-state index contributed by atoms with van der Waals surface area (Å²) in [7, 11) is 0. The quantitative estimate of drug-likeness (QED) is 0.430. The third-order valence-corrected chi connectivity index (χ3v) is 2.87. The molecule has 14 heavy (non-hydrogen) atoms. The fourth-order valence-corrected chi connectivity index (χ4v) is 1.89. The Labute approximate surface area is 91.6 Å². The number of hydrogen-bond acceptors (Lipinski definition) is 2. The molecule has 1 N–H and O–H groups in total. The maximum Gasteiger partial charge on any atom is 0.0817 e. The van der Waals surface area contributed by atoms with E-state index in [1.165, 1.54) is 12.8 Å². The van der Waals surface area contributed by atoms with Crippen LogP contribution in [0.25, 0.3) is 0 Å². The molecule has 0 aliphatic carbocycles. The number of hydrogen-bond donors (Lipinski definition) is 1. The smallest absolute Gasteiger partial charge is 0.0817 e. The summed E-state index contributed by atoms with van der Waals surface area (Å²) in [5.41, 5.74) is 0. The molecule has 1 rings (SSSR count).